The molecule has 0 radical (unpaired) electrons. The number of amides is 5. The van der Waals surface area contributed by atoms with Gasteiger partial charge in [-0.05, 0) is 56.1 Å². The van der Waals surface area contributed by atoms with Crippen molar-refractivity contribution in [1.82, 2.24) is 25.8 Å². The first-order valence-electron chi connectivity index (χ1n) is 17.0. The van der Waals surface area contributed by atoms with Crippen LogP contribution < -0.4 is 21.7 Å². The van der Waals surface area contributed by atoms with Crippen LogP contribution in [0.25, 0.3) is 0 Å². The van der Waals surface area contributed by atoms with E-state index in [4.69, 9.17) is 5.73 Å². The van der Waals surface area contributed by atoms with Crippen LogP contribution in [-0.4, -0.2) is 99.8 Å². The van der Waals surface area contributed by atoms with E-state index in [1.54, 1.807) is 13.8 Å². The number of aliphatic carboxylic acids is 1. The zero-order valence-corrected chi connectivity index (χ0v) is 28.3. The maximum absolute atomic E-state index is 13.7. The molecular weight excluding hydrogens is 628 g/mol. The molecule has 2 fully saturated rings. The van der Waals surface area contributed by atoms with Crippen LogP contribution in [0, 0.1) is 5.92 Å². The van der Waals surface area contributed by atoms with Gasteiger partial charge < -0.3 is 36.6 Å². The fourth-order valence-corrected chi connectivity index (χ4v) is 6.48. The number of rotatable bonds is 14. The summed E-state index contributed by atoms with van der Waals surface area (Å²) in [5.41, 5.74) is 7.81. The van der Waals surface area contributed by atoms with Crippen LogP contribution in [-0.2, 0) is 41.6 Å². The van der Waals surface area contributed by atoms with E-state index in [0.29, 0.717) is 32.1 Å². The molecule has 13 nitrogen and oxygen atoms in total. The zero-order valence-electron chi connectivity index (χ0n) is 28.3. The van der Waals surface area contributed by atoms with Crippen LogP contribution in [0.3, 0.4) is 0 Å². The molecule has 49 heavy (non-hydrogen) atoms. The van der Waals surface area contributed by atoms with E-state index in [1.807, 2.05) is 60.7 Å². The Bertz CT molecular complexity index is 1490. The number of benzene rings is 2. The predicted molar refractivity (Wildman–Crippen MR) is 182 cm³/mol. The van der Waals surface area contributed by atoms with Crippen LogP contribution in [0.15, 0.2) is 60.7 Å². The molecule has 264 valence electrons. The number of hydrogen-bond donors (Lipinski definition) is 5. The first kappa shape index (κ1) is 37.0. The van der Waals surface area contributed by atoms with Crippen LogP contribution in [0.1, 0.15) is 57.6 Å². The standard InChI is InChI=1S/C36H48N6O7/c1-22(2)30(40-31(43)26(37)20-24-12-6-4-7-13-24)33(45)38-23(3)34(46)41-18-10-16-28(41)32(44)39-27(21-25-14-8-5-9-15-25)35(47)42-19-11-17-29(42)36(48)49/h4-9,12-15,22-23,26-30H,10-11,16-21,37H2,1-3H3,(H,38,45)(H,39,44)(H,40,43)(H,48,49). The summed E-state index contributed by atoms with van der Waals surface area (Å²) in [6, 6.07) is 12.7. The molecule has 2 aliphatic heterocycles. The van der Waals surface area contributed by atoms with Crippen molar-refractivity contribution in [3.05, 3.63) is 71.8 Å². The minimum atomic E-state index is -1.09. The molecule has 4 rings (SSSR count). The number of nitrogens with one attached hydrogen (secondary N) is 3. The summed E-state index contributed by atoms with van der Waals surface area (Å²) < 4.78 is 0. The highest BCUT2D eigenvalue weighted by molar-refractivity contribution is 5.96. The molecule has 2 aromatic carbocycles. The van der Waals surface area contributed by atoms with Crippen molar-refractivity contribution in [2.24, 2.45) is 11.7 Å². The summed E-state index contributed by atoms with van der Waals surface area (Å²) in [5, 5.41) is 17.9. The van der Waals surface area contributed by atoms with Crippen LogP contribution in [0.4, 0.5) is 0 Å². The first-order valence-corrected chi connectivity index (χ1v) is 17.0. The van der Waals surface area contributed by atoms with Gasteiger partial charge in [-0.3, -0.25) is 24.0 Å². The largest absolute Gasteiger partial charge is 0.480 e. The van der Waals surface area contributed by atoms with Crippen LogP contribution in [0.5, 0.6) is 0 Å². The maximum Gasteiger partial charge on any atom is 0.326 e. The summed E-state index contributed by atoms with van der Waals surface area (Å²) in [4.78, 5) is 81.8. The molecule has 2 heterocycles. The Labute approximate surface area is 287 Å². The van der Waals surface area contributed by atoms with Gasteiger partial charge in [0, 0.05) is 19.5 Å². The second-order valence-corrected chi connectivity index (χ2v) is 13.2. The molecule has 5 amide bonds. The molecule has 6 atom stereocenters. The molecule has 0 bridgehead atoms. The fourth-order valence-electron chi connectivity index (χ4n) is 6.48. The molecule has 6 N–H and O–H groups in total. The smallest absolute Gasteiger partial charge is 0.326 e. The van der Waals surface area contributed by atoms with E-state index in [-0.39, 0.29) is 25.4 Å². The highest BCUT2D eigenvalue weighted by Gasteiger charge is 2.41. The highest BCUT2D eigenvalue weighted by Crippen LogP contribution is 2.22. The van der Waals surface area contributed by atoms with Gasteiger partial charge in [0.1, 0.15) is 30.2 Å². The van der Waals surface area contributed by atoms with E-state index in [2.05, 4.69) is 16.0 Å². The SMILES string of the molecule is CC(NC(=O)C(NC(=O)C(N)Cc1ccccc1)C(C)C)C(=O)N1CCCC1C(=O)NC(Cc1ccccc1)C(=O)N1CCCC1C(=O)O. The van der Waals surface area contributed by atoms with Crippen molar-refractivity contribution >= 4 is 35.5 Å². The number of carboxylic acid groups (broad SMARTS) is 1. The van der Waals surface area contributed by atoms with Gasteiger partial charge >= 0.3 is 5.97 Å². The molecule has 2 aliphatic rings. The van der Waals surface area contributed by atoms with E-state index in [0.717, 1.165) is 11.1 Å². The molecular formula is C36H48N6O7. The van der Waals surface area contributed by atoms with Crippen molar-refractivity contribution in [3.8, 4) is 0 Å². The van der Waals surface area contributed by atoms with Gasteiger partial charge in [0.05, 0.1) is 6.04 Å². The Morgan fingerprint density at radius 1 is 0.735 bits per heavy atom. The van der Waals surface area contributed by atoms with Gasteiger partial charge in [0.15, 0.2) is 0 Å². The Morgan fingerprint density at radius 2 is 1.27 bits per heavy atom. The fraction of sp³-hybridized carbons (Fsp3) is 0.500. The van der Waals surface area contributed by atoms with Gasteiger partial charge in [-0.1, -0.05) is 74.5 Å². The number of nitrogens with zero attached hydrogens (tertiary/aromatic N) is 2. The Balaban J connectivity index is 1.40. The van der Waals surface area contributed by atoms with Crippen molar-refractivity contribution in [3.63, 3.8) is 0 Å². The maximum atomic E-state index is 13.7. The van der Waals surface area contributed by atoms with Crippen molar-refractivity contribution in [1.29, 1.82) is 0 Å². The number of carboxylic acids is 1. The average Bonchev–Trinajstić information content (AvgIpc) is 3.78. The van der Waals surface area contributed by atoms with Gasteiger partial charge in [-0.15, -0.1) is 0 Å². The lowest BCUT2D eigenvalue weighted by atomic mass is 10.0. The Kier molecular flexibility index (Phi) is 12.9. The highest BCUT2D eigenvalue weighted by atomic mass is 16.4. The van der Waals surface area contributed by atoms with Crippen molar-refractivity contribution in [2.45, 2.75) is 95.5 Å². The van der Waals surface area contributed by atoms with E-state index < -0.39 is 71.8 Å². The monoisotopic (exact) mass is 676 g/mol. The lowest BCUT2D eigenvalue weighted by Gasteiger charge is -2.31. The average molecular weight is 677 g/mol. The zero-order chi connectivity index (χ0) is 35.7. The van der Waals surface area contributed by atoms with E-state index >= 15 is 0 Å². The third-order valence-corrected chi connectivity index (χ3v) is 9.17. The summed E-state index contributed by atoms with van der Waals surface area (Å²) in [7, 11) is 0. The van der Waals surface area contributed by atoms with E-state index in [9.17, 15) is 33.9 Å². The van der Waals surface area contributed by atoms with Crippen LogP contribution in [0.2, 0.25) is 0 Å². The molecule has 6 unspecified atom stereocenters. The second-order valence-electron chi connectivity index (χ2n) is 13.2. The molecule has 13 heteroatoms. The summed E-state index contributed by atoms with van der Waals surface area (Å²) >= 11 is 0. The predicted octanol–water partition coefficient (Wildman–Crippen LogP) is 0.996. The third-order valence-electron chi connectivity index (χ3n) is 9.17. The molecule has 2 saturated heterocycles. The molecule has 0 saturated carbocycles. The Hall–Kier alpha value is -4.78. The number of carbonyl (C=O) groups is 6. The van der Waals surface area contributed by atoms with Crippen molar-refractivity contribution in [2.75, 3.05) is 13.1 Å². The molecule has 0 aliphatic carbocycles. The van der Waals surface area contributed by atoms with Gasteiger partial charge in [0.25, 0.3) is 0 Å². The number of carbonyl (C=O) groups excluding carboxylic acids is 5. The number of nitrogens with two attached hydrogens (primary N) is 1. The van der Waals surface area contributed by atoms with Crippen molar-refractivity contribution < 1.29 is 33.9 Å². The number of hydrogen-bond acceptors (Lipinski definition) is 7. The van der Waals surface area contributed by atoms with E-state index in [1.165, 1.54) is 16.7 Å². The third kappa shape index (κ3) is 9.65. The van der Waals surface area contributed by atoms with Gasteiger partial charge in [-0.2, -0.15) is 0 Å². The first-order chi connectivity index (χ1) is 23.4. The summed E-state index contributed by atoms with van der Waals surface area (Å²) in [6.45, 7) is 5.62. The molecule has 0 spiro atoms. The minimum absolute atomic E-state index is 0.151. The van der Waals surface area contributed by atoms with Crippen LogP contribution >= 0.6 is 0 Å². The lowest BCUT2D eigenvalue weighted by molar-refractivity contribution is -0.149. The summed E-state index contributed by atoms with van der Waals surface area (Å²) in [5.74, 6) is -3.92. The minimum Gasteiger partial charge on any atom is -0.480 e. The summed E-state index contributed by atoms with van der Waals surface area (Å²) in [6.07, 6.45) is 2.23. The van der Waals surface area contributed by atoms with Gasteiger partial charge in [-0.25, -0.2) is 4.79 Å². The molecule has 2 aromatic rings. The van der Waals surface area contributed by atoms with Gasteiger partial charge in [0.2, 0.25) is 29.5 Å². The second kappa shape index (κ2) is 17.0. The quantitative estimate of drug-likeness (QED) is 0.196. The Morgan fingerprint density at radius 3 is 1.82 bits per heavy atom. The molecule has 0 aromatic heterocycles. The topological polar surface area (TPSA) is 191 Å². The number of likely N-dealkylation sites (tertiary alicyclic amines) is 2. The normalized spacial score (nSPS) is 19.9. The lowest BCUT2D eigenvalue weighted by Crippen LogP contribution is -2.59.